The standard InChI is InChI=1S/C10H18N2/c1-7(2)6-10-8(3)9(4)11-12(10)5/h7H,6H2,1-5H3. The lowest BCUT2D eigenvalue weighted by Crippen LogP contribution is -2.03. The van der Waals surface area contributed by atoms with Crippen LogP contribution < -0.4 is 0 Å². The van der Waals surface area contributed by atoms with Crippen LogP contribution in [0.2, 0.25) is 0 Å². The summed E-state index contributed by atoms with van der Waals surface area (Å²) >= 11 is 0. The van der Waals surface area contributed by atoms with E-state index in [4.69, 9.17) is 0 Å². The van der Waals surface area contributed by atoms with Crippen LogP contribution in [0.1, 0.15) is 30.8 Å². The predicted molar refractivity (Wildman–Crippen MR) is 51.2 cm³/mol. The minimum Gasteiger partial charge on any atom is -0.272 e. The van der Waals surface area contributed by atoms with Gasteiger partial charge in [0, 0.05) is 12.7 Å². The van der Waals surface area contributed by atoms with Gasteiger partial charge in [0.2, 0.25) is 0 Å². The summed E-state index contributed by atoms with van der Waals surface area (Å²) in [4.78, 5) is 0. The highest BCUT2D eigenvalue weighted by atomic mass is 15.3. The lowest BCUT2D eigenvalue weighted by molar-refractivity contribution is 0.593. The van der Waals surface area contributed by atoms with Crippen LogP contribution in [0.3, 0.4) is 0 Å². The second-order valence-corrected chi connectivity index (χ2v) is 3.88. The molecule has 0 unspecified atom stereocenters. The van der Waals surface area contributed by atoms with E-state index in [0.717, 1.165) is 12.1 Å². The number of aryl methyl sites for hydroxylation is 2. The molecule has 0 saturated carbocycles. The van der Waals surface area contributed by atoms with Crippen LogP contribution in [-0.2, 0) is 13.5 Å². The summed E-state index contributed by atoms with van der Waals surface area (Å²) in [5, 5.41) is 4.38. The van der Waals surface area contributed by atoms with E-state index >= 15 is 0 Å². The molecule has 2 heteroatoms. The normalized spacial score (nSPS) is 11.2. The Bertz CT molecular complexity index is 272. The Labute approximate surface area is 74.6 Å². The lowest BCUT2D eigenvalue weighted by atomic mass is 10.0. The van der Waals surface area contributed by atoms with E-state index in [1.165, 1.54) is 11.3 Å². The second kappa shape index (κ2) is 3.30. The van der Waals surface area contributed by atoms with Gasteiger partial charge in [-0.15, -0.1) is 0 Å². The van der Waals surface area contributed by atoms with Crippen LogP contribution in [0.25, 0.3) is 0 Å². The van der Waals surface area contributed by atoms with Gasteiger partial charge in [-0.1, -0.05) is 13.8 Å². The highest BCUT2D eigenvalue weighted by Crippen LogP contribution is 2.15. The molecule has 0 atom stereocenters. The zero-order valence-electron chi connectivity index (χ0n) is 8.68. The lowest BCUT2D eigenvalue weighted by Gasteiger charge is -2.05. The maximum atomic E-state index is 4.38. The third-order valence-electron chi connectivity index (χ3n) is 2.27. The van der Waals surface area contributed by atoms with E-state index in [9.17, 15) is 0 Å². The van der Waals surface area contributed by atoms with Gasteiger partial charge in [-0.2, -0.15) is 5.10 Å². The first kappa shape index (κ1) is 9.30. The fourth-order valence-electron chi connectivity index (χ4n) is 1.48. The molecule has 1 aromatic heterocycles. The highest BCUT2D eigenvalue weighted by molar-refractivity contribution is 5.23. The van der Waals surface area contributed by atoms with E-state index in [0.29, 0.717) is 5.92 Å². The number of nitrogens with zero attached hydrogens (tertiary/aromatic N) is 2. The molecule has 0 aliphatic rings. The maximum absolute atomic E-state index is 4.38. The molecule has 0 N–H and O–H groups in total. The molecule has 0 fully saturated rings. The van der Waals surface area contributed by atoms with Crippen LogP contribution >= 0.6 is 0 Å². The molecule has 0 spiro atoms. The molecule has 1 heterocycles. The molecule has 0 aromatic carbocycles. The summed E-state index contributed by atoms with van der Waals surface area (Å²) < 4.78 is 2.00. The van der Waals surface area contributed by atoms with Gasteiger partial charge in [-0.05, 0) is 31.7 Å². The van der Waals surface area contributed by atoms with Gasteiger partial charge in [0.1, 0.15) is 0 Å². The molecular formula is C10H18N2. The van der Waals surface area contributed by atoms with Crippen molar-refractivity contribution in [2.75, 3.05) is 0 Å². The fourth-order valence-corrected chi connectivity index (χ4v) is 1.48. The Kier molecular flexibility index (Phi) is 2.55. The van der Waals surface area contributed by atoms with Gasteiger partial charge in [0.15, 0.2) is 0 Å². The van der Waals surface area contributed by atoms with Crippen molar-refractivity contribution in [2.24, 2.45) is 13.0 Å². The van der Waals surface area contributed by atoms with E-state index in [-0.39, 0.29) is 0 Å². The van der Waals surface area contributed by atoms with E-state index in [1.807, 2.05) is 11.7 Å². The van der Waals surface area contributed by atoms with Crippen molar-refractivity contribution < 1.29 is 0 Å². The number of aromatic nitrogens is 2. The minimum atomic E-state index is 0.707. The number of hydrogen-bond donors (Lipinski definition) is 0. The molecule has 68 valence electrons. The smallest absolute Gasteiger partial charge is 0.0625 e. The van der Waals surface area contributed by atoms with Gasteiger partial charge in [0.05, 0.1) is 5.69 Å². The SMILES string of the molecule is Cc1nn(C)c(CC(C)C)c1C. The minimum absolute atomic E-state index is 0.707. The van der Waals surface area contributed by atoms with Crippen molar-refractivity contribution in [3.8, 4) is 0 Å². The molecule has 2 nitrogen and oxygen atoms in total. The Morgan fingerprint density at radius 2 is 1.92 bits per heavy atom. The van der Waals surface area contributed by atoms with Gasteiger partial charge in [-0.3, -0.25) is 4.68 Å². The van der Waals surface area contributed by atoms with Crippen LogP contribution in [0.5, 0.6) is 0 Å². The zero-order valence-corrected chi connectivity index (χ0v) is 8.68. The third kappa shape index (κ3) is 1.68. The summed E-state index contributed by atoms with van der Waals surface area (Å²) in [6.07, 6.45) is 1.13. The molecule has 0 aliphatic carbocycles. The molecule has 0 bridgehead atoms. The van der Waals surface area contributed by atoms with Gasteiger partial charge in [-0.25, -0.2) is 0 Å². The molecule has 12 heavy (non-hydrogen) atoms. The van der Waals surface area contributed by atoms with Crippen molar-refractivity contribution in [3.05, 3.63) is 17.0 Å². The van der Waals surface area contributed by atoms with Gasteiger partial charge < -0.3 is 0 Å². The first-order valence-corrected chi connectivity index (χ1v) is 4.51. The van der Waals surface area contributed by atoms with E-state index < -0.39 is 0 Å². The Balaban J connectivity index is 2.97. The molecule has 0 aliphatic heterocycles. The average Bonchev–Trinajstić information content (AvgIpc) is 2.16. The van der Waals surface area contributed by atoms with Crippen molar-refractivity contribution in [3.63, 3.8) is 0 Å². The quantitative estimate of drug-likeness (QED) is 0.659. The van der Waals surface area contributed by atoms with Crippen LogP contribution in [0.15, 0.2) is 0 Å². The van der Waals surface area contributed by atoms with Crippen molar-refractivity contribution >= 4 is 0 Å². The van der Waals surface area contributed by atoms with Crippen LogP contribution in [-0.4, -0.2) is 9.78 Å². The summed E-state index contributed by atoms with van der Waals surface area (Å²) in [6.45, 7) is 8.70. The molecule has 0 amide bonds. The molecular weight excluding hydrogens is 148 g/mol. The predicted octanol–water partition coefficient (Wildman–Crippen LogP) is 2.24. The number of hydrogen-bond acceptors (Lipinski definition) is 1. The molecule has 0 radical (unpaired) electrons. The Morgan fingerprint density at radius 3 is 2.25 bits per heavy atom. The first-order valence-electron chi connectivity index (χ1n) is 4.51. The van der Waals surface area contributed by atoms with Crippen molar-refractivity contribution in [1.82, 2.24) is 9.78 Å². The van der Waals surface area contributed by atoms with Gasteiger partial charge in [0.25, 0.3) is 0 Å². The zero-order chi connectivity index (χ0) is 9.30. The Hall–Kier alpha value is -0.790. The monoisotopic (exact) mass is 166 g/mol. The fraction of sp³-hybridized carbons (Fsp3) is 0.700. The average molecular weight is 166 g/mol. The number of rotatable bonds is 2. The molecule has 1 rings (SSSR count). The Morgan fingerprint density at radius 1 is 1.33 bits per heavy atom. The summed E-state index contributed by atoms with van der Waals surface area (Å²) in [7, 11) is 2.03. The van der Waals surface area contributed by atoms with Crippen LogP contribution in [0, 0.1) is 19.8 Å². The van der Waals surface area contributed by atoms with E-state index in [2.05, 4.69) is 32.8 Å². The first-order chi connectivity index (χ1) is 5.52. The van der Waals surface area contributed by atoms with Gasteiger partial charge >= 0.3 is 0 Å². The van der Waals surface area contributed by atoms with Crippen LogP contribution in [0.4, 0.5) is 0 Å². The third-order valence-corrected chi connectivity index (χ3v) is 2.27. The topological polar surface area (TPSA) is 17.8 Å². The summed E-state index contributed by atoms with van der Waals surface area (Å²) in [5.41, 5.74) is 3.89. The summed E-state index contributed by atoms with van der Waals surface area (Å²) in [6, 6.07) is 0. The molecule has 1 aromatic rings. The highest BCUT2D eigenvalue weighted by Gasteiger charge is 2.09. The second-order valence-electron chi connectivity index (χ2n) is 3.88. The maximum Gasteiger partial charge on any atom is 0.0625 e. The largest absolute Gasteiger partial charge is 0.272 e. The van der Waals surface area contributed by atoms with Crippen molar-refractivity contribution in [2.45, 2.75) is 34.1 Å². The summed E-state index contributed by atoms with van der Waals surface area (Å²) in [5.74, 6) is 0.707. The molecule has 0 saturated heterocycles. The van der Waals surface area contributed by atoms with E-state index in [1.54, 1.807) is 0 Å². The van der Waals surface area contributed by atoms with Crippen molar-refractivity contribution in [1.29, 1.82) is 0 Å².